The fourth-order valence-corrected chi connectivity index (χ4v) is 4.12. The number of benzene rings is 2. The van der Waals surface area contributed by atoms with E-state index in [2.05, 4.69) is 0 Å². The molecule has 160 valence electrons. The summed E-state index contributed by atoms with van der Waals surface area (Å²) >= 11 is 0. The van der Waals surface area contributed by atoms with Gasteiger partial charge in [-0.1, -0.05) is 6.92 Å². The first-order chi connectivity index (χ1) is 14.5. The number of cyclic esters (lactones) is 1. The summed E-state index contributed by atoms with van der Waals surface area (Å²) in [6.45, 7) is 2.24. The van der Waals surface area contributed by atoms with Crippen LogP contribution in [0.2, 0.25) is 0 Å². The normalized spacial score (nSPS) is 20.6. The third-order valence-corrected chi connectivity index (χ3v) is 5.76. The summed E-state index contributed by atoms with van der Waals surface area (Å²) in [5, 5.41) is 10.3. The van der Waals surface area contributed by atoms with Gasteiger partial charge in [0.05, 0.1) is 33.9 Å². The van der Waals surface area contributed by atoms with E-state index in [1.807, 2.05) is 19.1 Å². The lowest BCUT2D eigenvalue weighted by atomic mass is 9.76. The number of hydrogen-bond acceptors (Lipinski definition) is 8. The molecular weight excluding hydrogens is 392 g/mol. The molecule has 8 heteroatoms. The van der Waals surface area contributed by atoms with E-state index in [1.165, 1.54) is 14.2 Å². The molecule has 2 aliphatic heterocycles. The van der Waals surface area contributed by atoms with Gasteiger partial charge in [-0.05, 0) is 35.4 Å². The van der Waals surface area contributed by atoms with Crippen LogP contribution in [0.5, 0.6) is 34.5 Å². The minimum atomic E-state index is -0.322. The molecule has 0 saturated carbocycles. The van der Waals surface area contributed by atoms with Crippen LogP contribution in [-0.2, 0) is 9.53 Å². The fourth-order valence-electron chi connectivity index (χ4n) is 4.12. The second-order valence-electron chi connectivity index (χ2n) is 7.29. The molecule has 2 aromatic carbocycles. The number of esters is 1. The highest BCUT2D eigenvalue weighted by Crippen LogP contribution is 2.49. The minimum absolute atomic E-state index is 0.0856. The van der Waals surface area contributed by atoms with Crippen molar-refractivity contribution in [3.63, 3.8) is 0 Å². The van der Waals surface area contributed by atoms with Crippen molar-refractivity contribution in [2.45, 2.75) is 12.8 Å². The fraction of sp³-hybridized carbons (Fsp3) is 0.409. The van der Waals surface area contributed by atoms with Gasteiger partial charge in [0.25, 0.3) is 0 Å². The molecule has 2 aromatic rings. The molecule has 2 aliphatic rings. The van der Waals surface area contributed by atoms with Crippen molar-refractivity contribution in [1.82, 2.24) is 0 Å². The minimum Gasteiger partial charge on any atom is -0.502 e. The maximum Gasteiger partial charge on any atom is 0.309 e. The highest BCUT2D eigenvalue weighted by molar-refractivity contribution is 5.75. The van der Waals surface area contributed by atoms with Crippen LogP contribution in [0.1, 0.15) is 24.0 Å². The average molecular weight is 416 g/mol. The number of hydrogen-bond donors (Lipinski definition) is 1. The topological polar surface area (TPSA) is 92.7 Å². The summed E-state index contributed by atoms with van der Waals surface area (Å²) in [6, 6.07) is 7.25. The summed E-state index contributed by atoms with van der Waals surface area (Å²) in [5.74, 6) is 1.14. The van der Waals surface area contributed by atoms with E-state index in [0.29, 0.717) is 17.2 Å². The van der Waals surface area contributed by atoms with E-state index in [1.54, 1.807) is 19.2 Å². The monoisotopic (exact) mass is 416 g/mol. The van der Waals surface area contributed by atoms with Crippen molar-refractivity contribution >= 4 is 5.97 Å². The summed E-state index contributed by atoms with van der Waals surface area (Å²) in [5.41, 5.74) is 1.67. The van der Waals surface area contributed by atoms with Gasteiger partial charge in [0.1, 0.15) is 0 Å². The molecule has 0 radical (unpaired) electrons. The van der Waals surface area contributed by atoms with Gasteiger partial charge in [0.2, 0.25) is 18.3 Å². The molecule has 0 aromatic heterocycles. The second kappa shape index (κ2) is 7.85. The lowest BCUT2D eigenvalue weighted by Crippen LogP contribution is -2.21. The predicted molar refractivity (Wildman–Crippen MR) is 106 cm³/mol. The summed E-state index contributed by atoms with van der Waals surface area (Å²) in [7, 11) is 4.51. The Morgan fingerprint density at radius 2 is 1.53 bits per heavy atom. The Kier molecular flexibility index (Phi) is 5.24. The molecule has 3 atom stereocenters. The number of methoxy groups -OCH3 is 3. The van der Waals surface area contributed by atoms with Crippen molar-refractivity contribution < 1.29 is 38.3 Å². The molecule has 1 saturated heterocycles. The first kappa shape index (κ1) is 20.0. The van der Waals surface area contributed by atoms with Gasteiger partial charge in [0.15, 0.2) is 23.0 Å². The van der Waals surface area contributed by atoms with Crippen molar-refractivity contribution in [2.75, 3.05) is 34.7 Å². The van der Waals surface area contributed by atoms with Gasteiger partial charge in [-0.15, -0.1) is 0 Å². The molecule has 0 aliphatic carbocycles. The number of phenols is 1. The number of carbonyl (C=O) groups is 1. The van der Waals surface area contributed by atoms with Crippen molar-refractivity contribution in [3.05, 3.63) is 35.4 Å². The largest absolute Gasteiger partial charge is 0.502 e. The molecular formula is C22H24O8. The van der Waals surface area contributed by atoms with E-state index in [4.69, 9.17) is 28.4 Å². The Morgan fingerprint density at radius 3 is 2.10 bits per heavy atom. The number of ether oxygens (including phenoxy) is 6. The SMILES string of the molecule is COc1cc([C@@H](c2cc(OC)c3c(c2)OCO3)[C@@H]2COC(=O)[C@H]2C)cc(OC)c1O. The van der Waals surface area contributed by atoms with Crippen molar-refractivity contribution in [3.8, 4) is 34.5 Å². The molecule has 4 rings (SSSR count). The molecule has 0 unspecified atom stereocenters. The first-order valence-corrected chi connectivity index (χ1v) is 9.57. The first-order valence-electron chi connectivity index (χ1n) is 9.57. The maximum atomic E-state index is 12.2. The van der Waals surface area contributed by atoms with E-state index in [0.717, 1.165) is 11.1 Å². The molecule has 0 spiro atoms. The number of fused-ring (bicyclic) bond motifs is 1. The van der Waals surface area contributed by atoms with E-state index in [-0.39, 0.29) is 54.4 Å². The van der Waals surface area contributed by atoms with Crippen molar-refractivity contribution in [1.29, 1.82) is 0 Å². The standard InChI is InChI=1S/C22H24O8/c1-11-14(9-28-22(11)24)19(12-5-15(25-2)20(23)16(6-12)26-3)13-7-17(27-4)21-18(8-13)29-10-30-21/h5-8,11,14,19,23H,9-10H2,1-4H3/t11-,14+,19-/m0/s1. The Bertz CT molecular complexity index is 930. The lowest BCUT2D eigenvalue weighted by molar-refractivity contribution is -0.140. The third kappa shape index (κ3) is 3.22. The highest BCUT2D eigenvalue weighted by Gasteiger charge is 2.41. The van der Waals surface area contributed by atoms with Gasteiger partial charge < -0.3 is 33.5 Å². The molecule has 30 heavy (non-hydrogen) atoms. The van der Waals surface area contributed by atoms with Gasteiger partial charge in [-0.2, -0.15) is 0 Å². The Hall–Kier alpha value is -3.29. The molecule has 1 N–H and O–H groups in total. The quantitative estimate of drug-likeness (QED) is 0.719. The van der Waals surface area contributed by atoms with Gasteiger partial charge in [-0.25, -0.2) is 0 Å². The number of rotatable bonds is 6. The van der Waals surface area contributed by atoms with Crippen LogP contribution >= 0.6 is 0 Å². The average Bonchev–Trinajstić information content (AvgIpc) is 3.36. The van der Waals surface area contributed by atoms with Crippen LogP contribution in [0, 0.1) is 11.8 Å². The summed E-state index contributed by atoms with van der Waals surface area (Å²) < 4.78 is 32.7. The second-order valence-corrected chi connectivity index (χ2v) is 7.29. The van der Waals surface area contributed by atoms with Crippen LogP contribution in [0.3, 0.4) is 0 Å². The number of phenolic OH excluding ortho intramolecular Hbond substituents is 1. The van der Waals surface area contributed by atoms with Gasteiger partial charge in [0, 0.05) is 11.8 Å². The van der Waals surface area contributed by atoms with Crippen LogP contribution in [0.25, 0.3) is 0 Å². The molecule has 1 fully saturated rings. The maximum absolute atomic E-state index is 12.2. The molecule has 0 bridgehead atoms. The summed E-state index contributed by atoms with van der Waals surface area (Å²) in [6.07, 6.45) is 0. The Balaban J connectivity index is 1.90. The zero-order valence-corrected chi connectivity index (χ0v) is 17.3. The van der Waals surface area contributed by atoms with Gasteiger partial charge >= 0.3 is 5.97 Å². The molecule has 0 amide bonds. The van der Waals surface area contributed by atoms with Crippen LogP contribution < -0.4 is 23.7 Å². The highest BCUT2D eigenvalue weighted by atomic mass is 16.7. The van der Waals surface area contributed by atoms with Gasteiger partial charge in [-0.3, -0.25) is 4.79 Å². The molecule has 8 nitrogen and oxygen atoms in total. The number of carbonyl (C=O) groups excluding carboxylic acids is 1. The number of aromatic hydroxyl groups is 1. The predicted octanol–water partition coefficient (Wildman–Crippen LogP) is 3.09. The smallest absolute Gasteiger partial charge is 0.309 e. The van der Waals surface area contributed by atoms with Crippen LogP contribution in [0.4, 0.5) is 0 Å². The Morgan fingerprint density at radius 1 is 0.933 bits per heavy atom. The zero-order chi connectivity index (χ0) is 21.4. The van der Waals surface area contributed by atoms with Crippen molar-refractivity contribution in [2.24, 2.45) is 11.8 Å². The van der Waals surface area contributed by atoms with Crippen LogP contribution in [-0.4, -0.2) is 45.8 Å². The Labute approximate surface area is 174 Å². The van der Waals surface area contributed by atoms with E-state index >= 15 is 0 Å². The van der Waals surface area contributed by atoms with E-state index in [9.17, 15) is 9.90 Å². The lowest BCUT2D eigenvalue weighted by Gasteiger charge is -2.27. The third-order valence-electron chi connectivity index (χ3n) is 5.76. The zero-order valence-electron chi connectivity index (χ0n) is 17.3. The molecule has 2 heterocycles. The van der Waals surface area contributed by atoms with Crippen LogP contribution in [0.15, 0.2) is 24.3 Å². The summed E-state index contributed by atoms with van der Waals surface area (Å²) in [4.78, 5) is 12.2. The van der Waals surface area contributed by atoms with E-state index < -0.39 is 0 Å².